The van der Waals surface area contributed by atoms with E-state index in [1.54, 1.807) is 37.6 Å². The Bertz CT molecular complexity index is 846. The molecular weight excluding hydrogens is 316 g/mol. The minimum atomic E-state index is -0.974. The van der Waals surface area contributed by atoms with Gasteiger partial charge in [-0.15, -0.1) is 0 Å². The quantitative estimate of drug-likeness (QED) is 0.757. The number of carboxylic acids is 1. The predicted molar refractivity (Wildman–Crippen MR) is 97.8 cm³/mol. The third kappa shape index (κ3) is 4.41. The normalized spacial score (nSPS) is 9.72. The van der Waals surface area contributed by atoms with Crippen LogP contribution in [0, 0.1) is 0 Å². The lowest BCUT2D eigenvalue weighted by molar-refractivity contribution is 0.0697. The molecule has 1 aromatic heterocycles. The lowest BCUT2D eigenvalue weighted by Gasteiger charge is -2.06. The molecule has 0 aliphatic carbocycles. The molecule has 25 heavy (non-hydrogen) atoms. The van der Waals surface area contributed by atoms with Crippen molar-refractivity contribution in [3.8, 4) is 28.4 Å². The number of carboxylic acid groups (broad SMARTS) is 1. The molecule has 0 amide bonds. The second-order valence-corrected chi connectivity index (χ2v) is 4.88. The molecule has 0 fully saturated rings. The van der Waals surface area contributed by atoms with Crippen LogP contribution >= 0.6 is 0 Å². The summed E-state index contributed by atoms with van der Waals surface area (Å²) in [6, 6.07) is 15.9. The molecule has 3 rings (SSSR count). The summed E-state index contributed by atoms with van der Waals surface area (Å²) in [7, 11) is 1.62. The van der Waals surface area contributed by atoms with Gasteiger partial charge in [-0.2, -0.15) is 0 Å². The van der Waals surface area contributed by atoms with Gasteiger partial charge in [-0.1, -0.05) is 26.0 Å². The smallest absolute Gasteiger partial charge is 0.335 e. The van der Waals surface area contributed by atoms with Gasteiger partial charge in [0.2, 0.25) is 0 Å². The number of aromatic nitrogens is 2. The highest BCUT2D eigenvalue weighted by atomic mass is 16.5. The van der Waals surface area contributed by atoms with Gasteiger partial charge in [0.25, 0.3) is 0 Å². The van der Waals surface area contributed by atoms with Gasteiger partial charge in [0.05, 0.1) is 18.4 Å². The number of nitrogens with zero attached hydrogens (tertiary/aromatic N) is 2. The maximum atomic E-state index is 11.1. The average molecular weight is 336 g/mol. The Morgan fingerprint density at radius 1 is 1.00 bits per heavy atom. The van der Waals surface area contributed by atoms with Crippen molar-refractivity contribution in [2.24, 2.45) is 0 Å². The number of ether oxygens (including phenoxy) is 1. The van der Waals surface area contributed by atoms with Crippen molar-refractivity contribution in [1.29, 1.82) is 0 Å². The van der Waals surface area contributed by atoms with Crippen LogP contribution in [-0.4, -0.2) is 28.2 Å². The first-order valence-corrected chi connectivity index (χ1v) is 7.98. The van der Waals surface area contributed by atoms with Gasteiger partial charge < -0.3 is 9.84 Å². The van der Waals surface area contributed by atoms with E-state index in [4.69, 9.17) is 9.84 Å². The monoisotopic (exact) mass is 336 g/mol. The van der Waals surface area contributed by atoms with Gasteiger partial charge in [-0.05, 0) is 42.5 Å². The molecule has 3 aromatic rings. The second-order valence-electron chi connectivity index (χ2n) is 4.88. The van der Waals surface area contributed by atoms with E-state index in [0.29, 0.717) is 11.4 Å². The maximum Gasteiger partial charge on any atom is 0.335 e. The molecule has 0 saturated heterocycles. The van der Waals surface area contributed by atoms with Gasteiger partial charge in [0, 0.05) is 17.3 Å². The van der Waals surface area contributed by atoms with E-state index in [1.165, 1.54) is 0 Å². The van der Waals surface area contributed by atoms with Gasteiger partial charge in [-0.25, -0.2) is 14.8 Å². The van der Waals surface area contributed by atoms with E-state index < -0.39 is 5.97 Å². The molecule has 0 spiro atoms. The first-order valence-electron chi connectivity index (χ1n) is 7.98. The maximum absolute atomic E-state index is 11.1. The third-order valence-corrected chi connectivity index (χ3v) is 3.41. The molecular formula is C20H20N2O3. The Kier molecular flexibility index (Phi) is 6.23. The van der Waals surface area contributed by atoms with Crippen LogP contribution in [0.15, 0.2) is 60.8 Å². The summed E-state index contributed by atoms with van der Waals surface area (Å²) >= 11 is 0. The molecule has 0 aliphatic rings. The zero-order valence-corrected chi connectivity index (χ0v) is 14.4. The molecule has 0 unspecified atom stereocenters. The number of hydrogen-bond acceptors (Lipinski definition) is 4. The van der Waals surface area contributed by atoms with Crippen molar-refractivity contribution in [3.63, 3.8) is 0 Å². The fraction of sp³-hybridized carbons (Fsp3) is 0.150. The number of methoxy groups -OCH3 is 1. The lowest BCUT2D eigenvalue weighted by Crippen LogP contribution is -1.97. The van der Waals surface area contributed by atoms with Crippen molar-refractivity contribution < 1.29 is 14.6 Å². The highest BCUT2D eigenvalue weighted by Crippen LogP contribution is 2.23. The number of rotatable bonds is 4. The van der Waals surface area contributed by atoms with Gasteiger partial charge in [-0.3, -0.25) is 0 Å². The Morgan fingerprint density at radius 2 is 1.72 bits per heavy atom. The molecule has 2 aromatic carbocycles. The summed E-state index contributed by atoms with van der Waals surface area (Å²) in [5.41, 5.74) is 2.57. The van der Waals surface area contributed by atoms with Crippen molar-refractivity contribution in [3.05, 3.63) is 66.4 Å². The zero-order chi connectivity index (χ0) is 18.2. The molecule has 0 radical (unpaired) electrons. The lowest BCUT2D eigenvalue weighted by atomic mass is 10.1. The molecule has 128 valence electrons. The number of hydrogen-bond donors (Lipinski definition) is 1. The highest BCUT2D eigenvalue weighted by Gasteiger charge is 2.08. The van der Waals surface area contributed by atoms with E-state index in [9.17, 15) is 4.79 Å². The van der Waals surface area contributed by atoms with Crippen LogP contribution in [0.3, 0.4) is 0 Å². The average Bonchev–Trinajstić information content (AvgIpc) is 2.70. The molecule has 5 nitrogen and oxygen atoms in total. The SMILES string of the molecule is CC.COc1ccc(-c2ccnc(-c3cccc(C(=O)O)c3)n2)cc1. The Labute approximate surface area is 147 Å². The van der Waals surface area contributed by atoms with E-state index >= 15 is 0 Å². The highest BCUT2D eigenvalue weighted by molar-refractivity contribution is 5.89. The summed E-state index contributed by atoms with van der Waals surface area (Å²) in [5.74, 6) is 0.289. The first-order chi connectivity index (χ1) is 12.2. The van der Waals surface area contributed by atoms with Crippen LogP contribution in [0.2, 0.25) is 0 Å². The fourth-order valence-electron chi connectivity index (χ4n) is 2.21. The summed E-state index contributed by atoms with van der Waals surface area (Å²) in [4.78, 5) is 19.8. The first kappa shape index (κ1) is 18.1. The molecule has 1 N–H and O–H groups in total. The van der Waals surface area contributed by atoms with Crippen molar-refractivity contribution in [1.82, 2.24) is 9.97 Å². The van der Waals surface area contributed by atoms with E-state index in [1.807, 2.05) is 44.2 Å². The summed E-state index contributed by atoms with van der Waals surface area (Å²) < 4.78 is 5.15. The fourth-order valence-corrected chi connectivity index (χ4v) is 2.21. The number of benzene rings is 2. The molecule has 0 bridgehead atoms. The summed E-state index contributed by atoms with van der Waals surface area (Å²) in [6.45, 7) is 4.00. The van der Waals surface area contributed by atoms with Crippen LogP contribution in [0.5, 0.6) is 5.75 Å². The number of carbonyl (C=O) groups is 1. The largest absolute Gasteiger partial charge is 0.497 e. The molecule has 0 aliphatic heterocycles. The van der Waals surface area contributed by atoms with E-state index in [-0.39, 0.29) is 5.56 Å². The minimum absolute atomic E-state index is 0.209. The van der Waals surface area contributed by atoms with Crippen LogP contribution < -0.4 is 4.74 Å². The van der Waals surface area contributed by atoms with Gasteiger partial charge in [0.1, 0.15) is 5.75 Å². The standard InChI is InChI=1S/C18H14N2O3.C2H6/c1-23-15-7-5-12(6-8-15)16-9-10-19-17(20-16)13-3-2-4-14(11-13)18(21)22;1-2/h2-11H,1H3,(H,21,22);1-2H3. The van der Waals surface area contributed by atoms with Crippen molar-refractivity contribution in [2.45, 2.75) is 13.8 Å². The molecule has 5 heteroatoms. The summed E-state index contributed by atoms with van der Waals surface area (Å²) in [5, 5.41) is 9.09. The zero-order valence-electron chi connectivity index (χ0n) is 14.4. The molecule has 0 atom stereocenters. The van der Waals surface area contributed by atoms with E-state index in [0.717, 1.165) is 17.0 Å². The van der Waals surface area contributed by atoms with Gasteiger partial charge >= 0.3 is 5.97 Å². The third-order valence-electron chi connectivity index (χ3n) is 3.41. The van der Waals surface area contributed by atoms with E-state index in [2.05, 4.69) is 9.97 Å². The Hall–Kier alpha value is -3.21. The predicted octanol–water partition coefficient (Wildman–Crippen LogP) is 4.54. The molecule has 1 heterocycles. The van der Waals surface area contributed by atoms with Crippen molar-refractivity contribution in [2.75, 3.05) is 7.11 Å². The number of aromatic carboxylic acids is 1. The summed E-state index contributed by atoms with van der Waals surface area (Å²) in [6.07, 6.45) is 1.66. The topological polar surface area (TPSA) is 72.3 Å². The van der Waals surface area contributed by atoms with Crippen LogP contribution in [0.25, 0.3) is 22.6 Å². The molecule has 0 saturated carbocycles. The minimum Gasteiger partial charge on any atom is -0.497 e. The Balaban J connectivity index is 0.00000109. The van der Waals surface area contributed by atoms with Crippen LogP contribution in [-0.2, 0) is 0 Å². The van der Waals surface area contributed by atoms with Crippen LogP contribution in [0.4, 0.5) is 0 Å². The Morgan fingerprint density at radius 3 is 2.36 bits per heavy atom. The van der Waals surface area contributed by atoms with Crippen LogP contribution in [0.1, 0.15) is 24.2 Å². The van der Waals surface area contributed by atoms with Gasteiger partial charge in [0.15, 0.2) is 5.82 Å². The van der Waals surface area contributed by atoms with Crippen molar-refractivity contribution >= 4 is 5.97 Å². The second kappa shape index (κ2) is 8.59.